The van der Waals surface area contributed by atoms with Crippen molar-refractivity contribution < 1.29 is 9.50 Å². The highest BCUT2D eigenvalue weighted by molar-refractivity contribution is 7.12. The molecule has 0 spiro atoms. The predicted octanol–water partition coefficient (Wildman–Crippen LogP) is 5.05. The minimum atomic E-state index is -0.668. The van der Waals surface area contributed by atoms with Crippen molar-refractivity contribution in [2.45, 2.75) is 32.7 Å². The number of fused-ring (bicyclic) bond motifs is 1. The third-order valence-electron chi connectivity index (χ3n) is 6.71. The molecule has 1 fully saturated rings. The number of pyridine rings is 1. The first-order valence-electron chi connectivity index (χ1n) is 12.5. The fraction of sp³-hybridized carbons (Fsp3) is 0.333. The molecule has 1 aromatic carbocycles. The van der Waals surface area contributed by atoms with Gasteiger partial charge in [-0.05, 0) is 31.5 Å². The Morgan fingerprint density at radius 1 is 1.32 bits per heavy atom. The molecule has 4 heterocycles. The number of piperazine rings is 1. The van der Waals surface area contributed by atoms with Crippen LogP contribution in [-0.2, 0) is 6.42 Å². The lowest BCUT2D eigenvalue weighted by Crippen LogP contribution is -2.52. The highest BCUT2D eigenvalue weighted by Crippen LogP contribution is 2.39. The predicted molar refractivity (Wildman–Crippen MR) is 150 cm³/mol. The molecule has 0 saturated carbocycles. The number of thiazole rings is 1. The van der Waals surface area contributed by atoms with Crippen LogP contribution in [0.2, 0.25) is 5.02 Å². The molecule has 0 bridgehead atoms. The number of rotatable bonds is 7. The summed E-state index contributed by atoms with van der Waals surface area (Å²) < 4.78 is 16.3. The second-order valence-corrected chi connectivity index (χ2v) is 10.6. The molecule has 11 heteroatoms. The first-order valence-corrected chi connectivity index (χ1v) is 13.7. The number of aryl methyl sites for hydroxylation is 1. The van der Waals surface area contributed by atoms with Crippen LogP contribution in [0.5, 0.6) is 5.75 Å². The van der Waals surface area contributed by atoms with Gasteiger partial charge in [-0.25, -0.2) is 23.7 Å². The molecule has 1 saturated heterocycles. The fourth-order valence-electron chi connectivity index (χ4n) is 4.98. The summed E-state index contributed by atoms with van der Waals surface area (Å²) >= 11 is 8.01. The number of aromatic nitrogens is 4. The molecule has 198 valence electrons. The van der Waals surface area contributed by atoms with E-state index in [-0.39, 0.29) is 33.7 Å². The number of aromatic hydroxyl groups is 1. The monoisotopic (exact) mass is 554 g/mol. The van der Waals surface area contributed by atoms with Crippen LogP contribution in [0, 0.1) is 5.82 Å². The largest absolute Gasteiger partial charge is 0.507 e. The summed E-state index contributed by atoms with van der Waals surface area (Å²) in [5.74, 6) is -0.482. The Labute approximate surface area is 228 Å². The molecule has 38 heavy (non-hydrogen) atoms. The second-order valence-electron chi connectivity index (χ2n) is 9.32. The van der Waals surface area contributed by atoms with E-state index < -0.39 is 11.5 Å². The van der Waals surface area contributed by atoms with Crippen LogP contribution >= 0.6 is 22.9 Å². The van der Waals surface area contributed by atoms with Crippen LogP contribution in [0.25, 0.3) is 27.3 Å². The van der Waals surface area contributed by atoms with Crippen molar-refractivity contribution >= 4 is 39.8 Å². The molecule has 0 unspecified atom stereocenters. The van der Waals surface area contributed by atoms with Crippen molar-refractivity contribution in [2.75, 3.05) is 31.1 Å². The maximum absolute atomic E-state index is 14.9. The van der Waals surface area contributed by atoms with Crippen LogP contribution < -0.4 is 10.6 Å². The lowest BCUT2D eigenvalue weighted by molar-refractivity contribution is 0.250. The summed E-state index contributed by atoms with van der Waals surface area (Å²) in [4.78, 5) is 31.8. The van der Waals surface area contributed by atoms with Crippen molar-refractivity contribution in [3.63, 3.8) is 0 Å². The van der Waals surface area contributed by atoms with Gasteiger partial charge >= 0.3 is 5.69 Å². The lowest BCUT2D eigenvalue weighted by Gasteiger charge is -2.40. The van der Waals surface area contributed by atoms with E-state index in [1.165, 1.54) is 34.1 Å². The number of halogens is 2. The van der Waals surface area contributed by atoms with Gasteiger partial charge in [-0.1, -0.05) is 37.1 Å². The quantitative estimate of drug-likeness (QED) is 0.320. The summed E-state index contributed by atoms with van der Waals surface area (Å²) in [6.07, 6.45) is 3.39. The van der Waals surface area contributed by atoms with E-state index in [0.717, 1.165) is 31.7 Å². The molecular weight excluding hydrogens is 527 g/mol. The maximum atomic E-state index is 14.9. The van der Waals surface area contributed by atoms with Gasteiger partial charge in [-0.3, -0.25) is 4.90 Å². The van der Waals surface area contributed by atoms with Gasteiger partial charge in [-0.15, -0.1) is 17.9 Å². The van der Waals surface area contributed by atoms with Gasteiger partial charge in [0.2, 0.25) is 0 Å². The number of anilines is 1. The first kappa shape index (κ1) is 26.3. The first-order chi connectivity index (χ1) is 18.3. The number of hydrogen-bond acceptors (Lipinski definition) is 8. The second kappa shape index (κ2) is 10.8. The average Bonchev–Trinajstić information content (AvgIpc) is 3.32. The highest BCUT2D eigenvalue weighted by Gasteiger charge is 2.29. The molecular formula is C27H28ClFN6O2S. The fourth-order valence-corrected chi connectivity index (χ4v) is 6.07. The number of benzene rings is 1. The van der Waals surface area contributed by atoms with E-state index >= 15 is 0 Å². The average molecular weight is 555 g/mol. The molecule has 8 nitrogen and oxygen atoms in total. The summed E-state index contributed by atoms with van der Waals surface area (Å²) in [6, 6.07) is 5.73. The van der Waals surface area contributed by atoms with Crippen molar-refractivity contribution in [3.05, 3.63) is 69.4 Å². The molecule has 1 aliphatic heterocycles. The molecule has 3 aromatic heterocycles. The Morgan fingerprint density at radius 2 is 2.13 bits per heavy atom. The smallest absolute Gasteiger partial charge is 0.356 e. The topological polar surface area (TPSA) is 87.4 Å². The SMILES string of the molecule is C=CCN1CCN(c2nc(=O)n(-c3scnc3CCC)c3nc(-c4c(O)cccc4F)c(Cl)cc23)[C@@H](C)C1. The van der Waals surface area contributed by atoms with Gasteiger partial charge in [0, 0.05) is 32.2 Å². The lowest BCUT2D eigenvalue weighted by atomic mass is 10.1. The van der Waals surface area contributed by atoms with E-state index in [2.05, 4.69) is 33.3 Å². The number of phenolic OH excluding ortho intramolecular Hbond substituents is 1. The van der Waals surface area contributed by atoms with E-state index in [1.54, 1.807) is 11.6 Å². The number of phenols is 1. The van der Waals surface area contributed by atoms with Gasteiger partial charge in [0.05, 0.1) is 32.9 Å². The molecule has 1 atom stereocenters. The molecule has 0 amide bonds. The van der Waals surface area contributed by atoms with Gasteiger partial charge in [0.25, 0.3) is 0 Å². The molecule has 0 radical (unpaired) electrons. The Balaban J connectivity index is 1.78. The minimum absolute atomic E-state index is 0.0467. The molecule has 4 aromatic rings. The standard InChI is InChI=1S/C27H28ClFN6O2S/c1-4-7-20-26(38-15-30-20)35-25-17(13-18(28)23(31-25)22-19(29)8-6-9-21(22)36)24(32-27(35)37)34-12-11-33(10-5-2)14-16(34)3/h5-6,8-9,13,15-16,36H,2,4,7,10-12,14H2,1,3H3/t16-/m0/s1. The molecule has 0 aliphatic carbocycles. The summed E-state index contributed by atoms with van der Waals surface area (Å²) in [5.41, 5.74) is 2.14. The van der Waals surface area contributed by atoms with Crippen molar-refractivity contribution in [1.29, 1.82) is 0 Å². The zero-order valence-electron chi connectivity index (χ0n) is 21.2. The molecule has 1 N–H and O–H groups in total. The Morgan fingerprint density at radius 3 is 2.84 bits per heavy atom. The van der Waals surface area contributed by atoms with Crippen LogP contribution in [0.3, 0.4) is 0 Å². The Hall–Kier alpha value is -3.34. The van der Waals surface area contributed by atoms with Crippen LogP contribution in [-0.4, -0.2) is 61.7 Å². The van der Waals surface area contributed by atoms with Gasteiger partial charge in [-0.2, -0.15) is 4.98 Å². The van der Waals surface area contributed by atoms with Crippen molar-refractivity contribution in [2.24, 2.45) is 0 Å². The van der Waals surface area contributed by atoms with E-state index in [0.29, 0.717) is 29.2 Å². The van der Waals surface area contributed by atoms with Gasteiger partial charge < -0.3 is 10.0 Å². The Kier molecular flexibility index (Phi) is 7.47. The van der Waals surface area contributed by atoms with Crippen LogP contribution in [0.15, 0.2) is 47.2 Å². The molecule has 5 rings (SSSR count). The maximum Gasteiger partial charge on any atom is 0.356 e. The summed E-state index contributed by atoms with van der Waals surface area (Å²) in [7, 11) is 0. The third kappa shape index (κ3) is 4.68. The van der Waals surface area contributed by atoms with E-state index in [9.17, 15) is 14.3 Å². The van der Waals surface area contributed by atoms with E-state index in [1.807, 2.05) is 13.0 Å². The van der Waals surface area contributed by atoms with Crippen LogP contribution in [0.1, 0.15) is 26.0 Å². The zero-order chi connectivity index (χ0) is 27.0. The van der Waals surface area contributed by atoms with Crippen molar-refractivity contribution in [1.82, 2.24) is 24.4 Å². The molecule has 1 aliphatic rings. The van der Waals surface area contributed by atoms with Gasteiger partial charge in [0.15, 0.2) is 5.65 Å². The highest BCUT2D eigenvalue weighted by atomic mass is 35.5. The normalized spacial score (nSPS) is 16.3. The van der Waals surface area contributed by atoms with Crippen LogP contribution in [0.4, 0.5) is 10.2 Å². The number of hydrogen-bond donors (Lipinski definition) is 1. The summed E-state index contributed by atoms with van der Waals surface area (Å²) in [5, 5.41) is 11.8. The minimum Gasteiger partial charge on any atom is -0.507 e. The zero-order valence-corrected chi connectivity index (χ0v) is 22.8. The Bertz CT molecular complexity index is 1550. The third-order valence-corrected chi connectivity index (χ3v) is 7.85. The van der Waals surface area contributed by atoms with Gasteiger partial charge in [0.1, 0.15) is 22.4 Å². The van der Waals surface area contributed by atoms with E-state index in [4.69, 9.17) is 16.6 Å². The summed E-state index contributed by atoms with van der Waals surface area (Å²) in [6.45, 7) is 10.9. The number of nitrogens with zero attached hydrogens (tertiary/aromatic N) is 6. The van der Waals surface area contributed by atoms with Crippen molar-refractivity contribution in [3.8, 4) is 22.0 Å².